The van der Waals surface area contributed by atoms with Crippen molar-refractivity contribution in [3.05, 3.63) is 0 Å². The summed E-state index contributed by atoms with van der Waals surface area (Å²) in [6.07, 6.45) is 40.6. The maximum atomic E-state index is 12.5. The van der Waals surface area contributed by atoms with Crippen molar-refractivity contribution >= 4 is 31.1 Å². The van der Waals surface area contributed by atoms with Gasteiger partial charge >= 0.3 is 215 Å². The monoisotopic (exact) mass is 758 g/mol. The van der Waals surface area contributed by atoms with Gasteiger partial charge in [-0.15, -0.1) is 0 Å². The summed E-state index contributed by atoms with van der Waals surface area (Å²) in [5.41, 5.74) is 0. The average molecular weight is 758 g/mol. The fraction of sp³-hybridized carbons (Fsp3) is 0.950. The minimum absolute atomic E-state index is 0.255. The molecule has 1 atom stereocenters. The van der Waals surface area contributed by atoms with Crippen molar-refractivity contribution < 1.29 is 20.8 Å². The second-order valence-corrected chi connectivity index (χ2v) is 23.9. The molecule has 0 aromatic rings. The number of aliphatic hydroxyl groups excluding tert-OH is 1. The van der Waals surface area contributed by atoms with Crippen molar-refractivity contribution in [1.29, 1.82) is 0 Å². The molecule has 5 nitrogen and oxygen atoms in total. The molecule has 0 aromatic heterocycles. The van der Waals surface area contributed by atoms with Crippen molar-refractivity contribution in [2.24, 2.45) is 0 Å². The molecule has 0 aromatic carbocycles. The summed E-state index contributed by atoms with van der Waals surface area (Å²) < 4.78 is 13.4. The van der Waals surface area contributed by atoms with Crippen LogP contribution in [0.1, 0.15) is 226 Å². The van der Waals surface area contributed by atoms with Crippen LogP contribution in [0, 0.1) is 0 Å². The van der Waals surface area contributed by atoms with Crippen molar-refractivity contribution in [2.75, 3.05) is 0 Å². The van der Waals surface area contributed by atoms with Crippen LogP contribution in [0.15, 0.2) is 0 Å². The van der Waals surface area contributed by atoms with E-state index in [1.54, 1.807) is 0 Å². The molecule has 272 valence electrons. The van der Waals surface area contributed by atoms with E-state index < -0.39 is 37.2 Å². The fourth-order valence-corrected chi connectivity index (χ4v) is 16.3. The Balaban J connectivity index is 2.13. The zero-order valence-corrected chi connectivity index (χ0v) is 33.8. The molecule has 0 bridgehead atoms. The Hall–Kier alpha value is -0.301. The summed E-state index contributed by atoms with van der Waals surface area (Å²) in [7, 11) is 0. The Morgan fingerprint density at radius 1 is 0.457 bits per heavy atom. The Labute approximate surface area is 291 Å². The van der Waals surface area contributed by atoms with E-state index in [-0.39, 0.29) is 6.42 Å². The first-order chi connectivity index (χ1) is 22.5. The number of rotatable bonds is 34. The third-order valence-electron chi connectivity index (χ3n) is 10.0. The predicted molar refractivity (Wildman–Crippen MR) is 197 cm³/mol. The van der Waals surface area contributed by atoms with E-state index >= 15 is 0 Å². The van der Waals surface area contributed by atoms with E-state index in [9.17, 15) is 14.7 Å². The third-order valence-corrected chi connectivity index (χ3v) is 19.8. The van der Waals surface area contributed by atoms with E-state index in [1.165, 1.54) is 180 Å². The quantitative estimate of drug-likeness (QED) is 0.0523. The maximum absolute atomic E-state index is 12.5. The molecule has 1 heterocycles. The topological polar surface area (TPSA) is 72.8 Å². The Morgan fingerprint density at radius 3 is 1.00 bits per heavy atom. The predicted octanol–water partition coefficient (Wildman–Crippen LogP) is 12.8. The van der Waals surface area contributed by atoms with Crippen LogP contribution >= 0.6 is 0 Å². The molecule has 1 N–H and O–H groups in total. The van der Waals surface area contributed by atoms with Crippen molar-refractivity contribution in [1.82, 2.24) is 0 Å². The SMILES string of the molecule is CCCCCCCCCCCCCCCCC[CH2][Sn]1([CH2]CCCCCCCCCCCCCCCCC)[O]C(=O)CC(O)C(=O)[O]1. The van der Waals surface area contributed by atoms with E-state index in [1.807, 2.05) is 0 Å². The van der Waals surface area contributed by atoms with Crippen LogP contribution in [0.3, 0.4) is 0 Å². The molecule has 1 aliphatic heterocycles. The van der Waals surface area contributed by atoms with Crippen molar-refractivity contribution in [2.45, 2.75) is 241 Å². The minimum atomic E-state index is -3.88. The Kier molecular flexibility index (Phi) is 30.4. The average Bonchev–Trinajstić information content (AvgIpc) is 3.14. The van der Waals surface area contributed by atoms with Gasteiger partial charge in [0.25, 0.3) is 0 Å². The van der Waals surface area contributed by atoms with E-state index in [0.29, 0.717) is 0 Å². The number of hydrogen-bond acceptors (Lipinski definition) is 5. The summed E-state index contributed by atoms with van der Waals surface area (Å²) in [5, 5.41) is 10.0. The van der Waals surface area contributed by atoms with Crippen molar-refractivity contribution in [3.8, 4) is 0 Å². The molecular formula is C40H78O5Sn. The molecule has 0 saturated carbocycles. The molecule has 0 aliphatic carbocycles. The number of hydrogen-bond donors (Lipinski definition) is 1. The fourth-order valence-electron chi connectivity index (χ4n) is 6.98. The van der Waals surface area contributed by atoms with E-state index in [0.717, 1.165) is 34.6 Å². The molecule has 1 aliphatic rings. The molecule has 0 spiro atoms. The molecule has 1 fully saturated rings. The molecule has 1 saturated heterocycles. The summed E-state index contributed by atoms with van der Waals surface area (Å²) in [6, 6.07) is 0. The second kappa shape index (κ2) is 31.9. The third kappa shape index (κ3) is 25.7. The first kappa shape index (κ1) is 43.7. The van der Waals surface area contributed by atoms with Gasteiger partial charge in [0.2, 0.25) is 0 Å². The molecule has 1 unspecified atom stereocenters. The van der Waals surface area contributed by atoms with Gasteiger partial charge in [0.15, 0.2) is 0 Å². The Bertz CT molecular complexity index is 663. The molecule has 1 rings (SSSR count). The first-order valence-electron chi connectivity index (χ1n) is 20.7. The van der Waals surface area contributed by atoms with Crippen molar-refractivity contribution in [3.63, 3.8) is 0 Å². The molecule has 0 radical (unpaired) electrons. The van der Waals surface area contributed by atoms with Gasteiger partial charge in [-0.25, -0.2) is 0 Å². The zero-order chi connectivity index (χ0) is 33.4. The van der Waals surface area contributed by atoms with Gasteiger partial charge < -0.3 is 0 Å². The van der Waals surface area contributed by atoms with Gasteiger partial charge in [-0.3, -0.25) is 0 Å². The summed E-state index contributed by atoms with van der Waals surface area (Å²) >= 11 is -3.88. The Morgan fingerprint density at radius 2 is 0.717 bits per heavy atom. The summed E-state index contributed by atoms with van der Waals surface area (Å²) in [5.74, 6) is -1.04. The van der Waals surface area contributed by atoms with Crippen LogP contribution in [0.5, 0.6) is 0 Å². The van der Waals surface area contributed by atoms with Crippen LogP contribution in [0.25, 0.3) is 0 Å². The molecule has 0 amide bonds. The van der Waals surface area contributed by atoms with Crippen LogP contribution in [0.4, 0.5) is 0 Å². The van der Waals surface area contributed by atoms with Gasteiger partial charge in [0.1, 0.15) is 0 Å². The molecular weight excluding hydrogens is 679 g/mol. The number of carbonyl (C=O) groups is 2. The van der Waals surface area contributed by atoms with Crippen LogP contribution in [-0.2, 0) is 15.7 Å². The standard InChI is InChI=1S/2C18H37.C4H6O5.Sn/c2*1-3-5-7-9-11-13-15-17-18-16-14-12-10-8-6-4-2;5-2(4(8)9)1-3(6)7;/h2*1,3-18H2,2H3;2,5H,1H2,(H,6,7)(H,8,9);/q;;;+2/p-2. The summed E-state index contributed by atoms with van der Waals surface area (Å²) in [6.45, 7) is 4.56. The second-order valence-electron chi connectivity index (χ2n) is 14.6. The normalized spacial score (nSPS) is 16.4. The van der Waals surface area contributed by atoms with Crippen LogP contribution < -0.4 is 0 Å². The van der Waals surface area contributed by atoms with E-state index in [2.05, 4.69) is 13.8 Å². The number of unbranched alkanes of at least 4 members (excludes halogenated alkanes) is 30. The van der Waals surface area contributed by atoms with Crippen LogP contribution in [-0.4, -0.2) is 42.4 Å². The van der Waals surface area contributed by atoms with Gasteiger partial charge in [-0.1, -0.05) is 78.1 Å². The van der Waals surface area contributed by atoms with Gasteiger partial charge in [0.05, 0.1) is 0 Å². The van der Waals surface area contributed by atoms with E-state index in [4.69, 9.17) is 6.15 Å². The van der Waals surface area contributed by atoms with Gasteiger partial charge in [-0.05, 0) is 0 Å². The summed E-state index contributed by atoms with van der Waals surface area (Å²) in [4.78, 5) is 24.9. The number of carbonyl (C=O) groups excluding carboxylic acids is 2. The molecule has 6 heteroatoms. The van der Waals surface area contributed by atoms with Gasteiger partial charge in [0, 0.05) is 0 Å². The number of aliphatic hydroxyl groups is 1. The van der Waals surface area contributed by atoms with Crippen LogP contribution in [0.2, 0.25) is 8.87 Å². The molecule has 46 heavy (non-hydrogen) atoms. The first-order valence-corrected chi connectivity index (χ1v) is 27.0. The zero-order valence-electron chi connectivity index (χ0n) is 30.9. The van der Waals surface area contributed by atoms with Gasteiger partial charge in [-0.2, -0.15) is 0 Å².